The Morgan fingerprint density at radius 1 is 1.00 bits per heavy atom. The molecule has 0 saturated heterocycles. The molecule has 0 unspecified atom stereocenters. The first-order chi connectivity index (χ1) is 8.56. The molecule has 0 spiro atoms. The van der Waals surface area contributed by atoms with Gasteiger partial charge >= 0.3 is 0 Å². The summed E-state index contributed by atoms with van der Waals surface area (Å²) in [5.41, 5.74) is 6.66. The van der Waals surface area contributed by atoms with Crippen LogP contribution in [0.25, 0.3) is 10.9 Å². The molecule has 0 aliphatic carbocycles. The van der Waals surface area contributed by atoms with Crippen LogP contribution < -0.4 is 20.1 Å². The van der Waals surface area contributed by atoms with E-state index >= 15 is 0 Å². The summed E-state index contributed by atoms with van der Waals surface area (Å²) in [5.74, 6) is 2.21. The molecule has 0 saturated carbocycles. The lowest BCUT2D eigenvalue weighted by Crippen LogP contribution is -2.13. The maximum atomic E-state index is 5.94. The molecule has 8 heteroatoms. The van der Waals surface area contributed by atoms with Crippen LogP contribution in [0.15, 0.2) is 12.1 Å². The van der Waals surface area contributed by atoms with Gasteiger partial charge in [-0.2, -0.15) is 4.98 Å². The highest BCUT2D eigenvalue weighted by Gasteiger charge is 2.12. The van der Waals surface area contributed by atoms with Gasteiger partial charge in [-0.05, 0) is 6.07 Å². The van der Waals surface area contributed by atoms with Crippen LogP contribution in [-0.4, -0.2) is 38.3 Å². The summed E-state index contributed by atoms with van der Waals surface area (Å²) >= 11 is 0. The fraction of sp³-hybridized carbons (Fsp3) is 0.333. The Morgan fingerprint density at radius 2 is 1.55 bits per heavy atom. The number of fused-ring (bicyclic) bond motifs is 1. The van der Waals surface area contributed by atoms with E-state index in [2.05, 4.69) is 9.97 Å². The van der Waals surface area contributed by atoms with Crippen molar-refractivity contribution < 1.29 is 9.47 Å². The van der Waals surface area contributed by atoms with E-state index in [1.165, 1.54) is 0 Å². The molecule has 1 heterocycles. The van der Waals surface area contributed by atoms with E-state index in [9.17, 15) is 0 Å². The van der Waals surface area contributed by atoms with Crippen molar-refractivity contribution in [3.63, 3.8) is 0 Å². The zero-order valence-corrected chi connectivity index (χ0v) is 13.3. The Labute approximate surface area is 130 Å². The highest BCUT2D eigenvalue weighted by Crippen LogP contribution is 2.33. The van der Waals surface area contributed by atoms with Crippen LogP contribution in [0.2, 0.25) is 0 Å². The highest BCUT2D eigenvalue weighted by molar-refractivity contribution is 5.91. The number of halogens is 2. The van der Waals surface area contributed by atoms with Crippen molar-refractivity contribution >= 4 is 47.5 Å². The molecule has 2 rings (SSSR count). The second kappa shape index (κ2) is 7.21. The SMILES string of the molecule is COc1cc2nc(N(C)C)nc(N)c2cc1OC.Cl.Cl. The van der Waals surface area contributed by atoms with Crippen LogP contribution in [-0.2, 0) is 0 Å². The molecular weight excluding hydrogens is 303 g/mol. The van der Waals surface area contributed by atoms with Gasteiger partial charge in [-0.3, -0.25) is 0 Å². The maximum absolute atomic E-state index is 5.94. The summed E-state index contributed by atoms with van der Waals surface area (Å²) in [6.45, 7) is 0. The monoisotopic (exact) mass is 320 g/mol. The zero-order chi connectivity index (χ0) is 13.3. The first-order valence-corrected chi connectivity index (χ1v) is 5.43. The predicted octanol–water partition coefficient (Wildman–Crippen LogP) is 2.14. The summed E-state index contributed by atoms with van der Waals surface area (Å²) in [4.78, 5) is 10.4. The van der Waals surface area contributed by atoms with Crippen molar-refractivity contribution in [1.82, 2.24) is 9.97 Å². The number of methoxy groups -OCH3 is 2. The van der Waals surface area contributed by atoms with Gasteiger partial charge in [0.05, 0.1) is 19.7 Å². The molecule has 6 nitrogen and oxygen atoms in total. The van der Waals surface area contributed by atoms with Gasteiger partial charge in [0.25, 0.3) is 0 Å². The normalized spacial score (nSPS) is 9.40. The first kappa shape index (κ1) is 18.3. The smallest absolute Gasteiger partial charge is 0.227 e. The van der Waals surface area contributed by atoms with Gasteiger partial charge in [-0.1, -0.05) is 0 Å². The van der Waals surface area contributed by atoms with Crippen molar-refractivity contribution in [3.05, 3.63) is 12.1 Å². The maximum Gasteiger partial charge on any atom is 0.227 e. The lowest BCUT2D eigenvalue weighted by molar-refractivity contribution is 0.356. The summed E-state index contributed by atoms with van der Waals surface area (Å²) in [7, 11) is 6.89. The van der Waals surface area contributed by atoms with Gasteiger partial charge in [0.15, 0.2) is 11.5 Å². The summed E-state index contributed by atoms with van der Waals surface area (Å²) in [6.07, 6.45) is 0. The van der Waals surface area contributed by atoms with E-state index in [4.69, 9.17) is 15.2 Å². The second-order valence-corrected chi connectivity index (χ2v) is 4.03. The fourth-order valence-electron chi connectivity index (χ4n) is 1.67. The number of hydrogen-bond acceptors (Lipinski definition) is 6. The standard InChI is InChI=1S/C12H16N4O2.2ClH/c1-16(2)12-14-8-6-10(18-4)9(17-3)5-7(8)11(13)15-12;;/h5-6H,1-4H3,(H2,13,14,15);2*1H. The predicted molar refractivity (Wildman–Crippen MR) is 85.9 cm³/mol. The largest absolute Gasteiger partial charge is 0.493 e. The molecule has 0 bridgehead atoms. The highest BCUT2D eigenvalue weighted by atomic mass is 35.5. The number of nitrogens with two attached hydrogens (primary N) is 1. The van der Waals surface area contributed by atoms with E-state index in [0.717, 1.165) is 10.9 Å². The first-order valence-electron chi connectivity index (χ1n) is 5.43. The molecule has 20 heavy (non-hydrogen) atoms. The average Bonchev–Trinajstić information content (AvgIpc) is 2.36. The summed E-state index contributed by atoms with van der Waals surface area (Å²) in [6, 6.07) is 3.57. The Balaban J connectivity index is 0.00000180. The van der Waals surface area contributed by atoms with Crippen molar-refractivity contribution in [1.29, 1.82) is 0 Å². The van der Waals surface area contributed by atoms with Crippen LogP contribution in [0.4, 0.5) is 11.8 Å². The van der Waals surface area contributed by atoms with E-state index in [0.29, 0.717) is 23.3 Å². The number of anilines is 2. The van der Waals surface area contributed by atoms with Crippen LogP contribution in [0, 0.1) is 0 Å². The Hall–Kier alpha value is -1.66. The number of ether oxygens (including phenoxy) is 2. The molecule has 112 valence electrons. The molecule has 1 aromatic carbocycles. The van der Waals surface area contributed by atoms with Crippen molar-refractivity contribution in [2.75, 3.05) is 38.9 Å². The van der Waals surface area contributed by atoms with E-state index in [1.54, 1.807) is 31.3 Å². The van der Waals surface area contributed by atoms with Crippen LogP contribution >= 0.6 is 24.8 Å². The number of hydrogen-bond donors (Lipinski definition) is 1. The molecule has 0 fully saturated rings. The fourth-order valence-corrected chi connectivity index (χ4v) is 1.67. The lowest BCUT2D eigenvalue weighted by Gasteiger charge is -2.14. The molecule has 0 radical (unpaired) electrons. The van der Waals surface area contributed by atoms with Crippen molar-refractivity contribution in [3.8, 4) is 11.5 Å². The van der Waals surface area contributed by atoms with Gasteiger partial charge in [0, 0.05) is 25.5 Å². The number of rotatable bonds is 3. The lowest BCUT2D eigenvalue weighted by atomic mass is 10.2. The molecule has 1 aromatic heterocycles. The third-order valence-electron chi connectivity index (χ3n) is 2.62. The Bertz CT molecular complexity index is 593. The quantitative estimate of drug-likeness (QED) is 0.934. The minimum atomic E-state index is 0. The number of nitrogen functional groups attached to an aromatic ring is 1. The van der Waals surface area contributed by atoms with Gasteiger partial charge < -0.3 is 20.1 Å². The van der Waals surface area contributed by atoms with Gasteiger partial charge in [-0.25, -0.2) is 4.98 Å². The van der Waals surface area contributed by atoms with Crippen LogP contribution in [0.1, 0.15) is 0 Å². The molecule has 0 atom stereocenters. The summed E-state index contributed by atoms with van der Waals surface area (Å²) < 4.78 is 10.5. The third-order valence-corrected chi connectivity index (χ3v) is 2.62. The molecule has 2 aromatic rings. The zero-order valence-electron chi connectivity index (χ0n) is 11.7. The van der Waals surface area contributed by atoms with Gasteiger partial charge in [0.2, 0.25) is 5.95 Å². The van der Waals surface area contributed by atoms with Gasteiger partial charge in [0.1, 0.15) is 5.82 Å². The summed E-state index contributed by atoms with van der Waals surface area (Å²) in [5, 5.41) is 0.748. The topological polar surface area (TPSA) is 73.5 Å². The minimum absolute atomic E-state index is 0. The van der Waals surface area contributed by atoms with Gasteiger partial charge in [-0.15, -0.1) is 24.8 Å². The van der Waals surface area contributed by atoms with Crippen molar-refractivity contribution in [2.24, 2.45) is 0 Å². The van der Waals surface area contributed by atoms with E-state index < -0.39 is 0 Å². The molecular formula is C12H18Cl2N4O2. The second-order valence-electron chi connectivity index (χ2n) is 4.03. The number of aromatic nitrogens is 2. The minimum Gasteiger partial charge on any atom is -0.493 e. The Morgan fingerprint density at radius 3 is 2.05 bits per heavy atom. The molecule has 2 N–H and O–H groups in total. The van der Waals surface area contributed by atoms with Crippen molar-refractivity contribution in [2.45, 2.75) is 0 Å². The molecule has 0 aliphatic rings. The number of benzene rings is 1. The van der Waals surface area contributed by atoms with Crippen LogP contribution in [0.5, 0.6) is 11.5 Å². The van der Waals surface area contributed by atoms with E-state index in [1.807, 2.05) is 14.1 Å². The molecule has 0 aliphatic heterocycles. The Kier molecular flexibility index (Phi) is 6.61. The molecule has 0 amide bonds. The number of nitrogens with zero attached hydrogens (tertiary/aromatic N) is 3. The average molecular weight is 321 g/mol. The third kappa shape index (κ3) is 3.26. The van der Waals surface area contributed by atoms with Crippen LogP contribution in [0.3, 0.4) is 0 Å². The van der Waals surface area contributed by atoms with E-state index in [-0.39, 0.29) is 24.8 Å².